The summed E-state index contributed by atoms with van der Waals surface area (Å²) < 4.78 is 24.3. The highest BCUT2D eigenvalue weighted by molar-refractivity contribution is 6.12. The van der Waals surface area contributed by atoms with Crippen molar-refractivity contribution in [3.05, 3.63) is 89.7 Å². The van der Waals surface area contributed by atoms with Crippen LogP contribution in [0.3, 0.4) is 0 Å². The Hall–Kier alpha value is -4.40. The van der Waals surface area contributed by atoms with Gasteiger partial charge in [-0.25, -0.2) is 9.18 Å². The largest absolute Gasteiger partial charge is 0.497 e. The first-order chi connectivity index (χ1) is 16.4. The molecule has 34 heavy (non-hydrogen) atoms. The molecule has 0 unspecified atom stereocenters. The fourth-order valence-corrected chi connectivity index (χ4v) is 3.86. The fourth-order valence-electron chi connectivity index (χ4n) is 3.86. The topological polar surface area (TPSA) is 97.0 Å². The molecule has 0 saturated carbocycles. The molecule has 0 atom stereocenters. The van der Waals surface area contributed by atoms with Crippen molar-refractivity contribution >= 4 is 23.5 Å². The first-order valence-corrected chi connectivity index (χ1v) is 10.4. The van der Waals surface area contributed by atoms with Crippen molar-refractivity contribution in [2.45, 2.75) is 5.54 Å². The number of benzene rings is 3. The molecule has 4 amide bonds. The van der Waals surface area contributed by atoms with Crippen LogP contribution in [0.2, 0.25) is 0 Å². The third kappa shape index (κ3) is 4.03. The molecule has 174 valence electrons. The number of nitrogens with one attached hydrogen (secondary N) is 2. The molecule has 0 radical (unpaired) electrons. The number of carbonyl (C=O) groups excluding carboxylic acids is 3. The average molecular weight is 463 g/mol. The number of ether oxygens (including phenoxy) is 2. The zero-order valence-electron chi connectivity index (χ0n) is 18.5. The van der Waals surface area contributed by atoms with Crippen LogP contribution in [-0.2, 0) is 15.1 Å². The normalized spacial score (nSPS) is 14.5. The van der Waals surface area contributed by atoms with E-state index in [1.807, 2.05) is 0 Å². The molecule has 1 heterocycles. The maximum atomic E-state index is 13.9. The summed E-state index contributed by atoms with van der Waals surface area (Å²) in [4.78, 5) is 40.1. The third-order valence-electron chi connectivity index (χ3n) is 5.60. The molecule has 0 aromatic heterocycles. The van der Waals surface area contributed by atoms with Crippen LogP contribution < -0.4 is 20.1 Å². The van der Waals surface area contributed by atoms with Crippen LogP contribution in [0.25, 0.3) is 0 Å². The number of hydrogen-bond acceptors (Lipinski definition) is 5. The summed E-state index contributed by atoms with van der Waals surface area (Å²) >= 11 is 0. The van der Waals surface area contributed by atoms with E-state index < -0.39 is 35.7 Å². The van der Waals surface area contributed by atoms with Gasteiger partial charge in [0.05, 0.1) is 19.9 Å². The highest BCUT2D eigenvalue weighted by Gasteiger charge is 2.54. The summed E-state index contributed by atoms with van der Waals surface area (Å²) in [6.45, 7) is -0.590. The smallest absolute Gasteiger partial charge is 0.326 e. The van der Waals surface area contributed by atoms with E-state index in [0.717, 1.165) is 4.90 Å². The fraction of sp³-hybridized carbons (Fsp3) is 0.160. The number of rotatable bonds is 7. The highest BCUT2D eigenvalue weighted by atomic mass is 19.1. The lowest BCUT2D eigenvalue weighted by atomic mass is 9.82. The molecule has 1 saturated heterocycles. The molecule has 1 aliphatic heterocycles. The van der Waals surface area contributed by atoms with Gasteiger partial charge in [0.25, 0.3) is 5.91 Å². The molecular formula is C25H22FN3O5. The lowest BCUT2D eigenvalue weighted by Crippen LogP contribution is -2.45. The number of halogens is 1. The number of imide groups is 1. The van der Waals surface area contributed by atoms with Gasteiger partial charge in [0.15, 0.2) is 5.54 Å². The molecule has 9 heteroatoms. The second-order valence-electron chi connectivity index (χ2n) is 7.56. The molecule has 3 aromatic rings. The van der Waals surface area contributed by atoms with Crippen LogP contribution in [-0.4, -0.2) is 43.5 Å². The van der Waals surface area contributed by atoms with E-state index in [1.165, 1.54) is 32.4 Å². The Morgan fingerprint density at radius 3 is 1.94 bits per heavy atom. The van der Waals surface area contributed by atoms with Gasteiger partial charge >= 0.3 is 6.03 Å². The number of methoxy groups -OCH3 is 2. The van der Waals surface area contributed by atoms with Crippen LogP contribution in [0, 0.1) is 5.82 Å². The quantitative estimate of drug-likeness (QED) is 0.525. The monoisotopic (exact) mass is 463 g/mol. The van der Waals surface area contributed by atoms with E-state index in [-0.39, 0.29) is 5.69 Å². The van der Waals surface area contributed by atoms with Crippen molar-refractivity contribution < 1.29 is 28.2 Å². The molecule has 1 fully saturated rings. The van der Waals surface area contributed by atoms with Gasteiger partial charge in [0.1, 0.15) is 23.9 Å². The van der Waals surface area contributed by atoms with Gasteiger partial charge in [-0.2, -0.15) is 0 Å². The molecular weight excluding hydrogens is 441 g/mol. The highest BCUT2D eigenvalue weighted by Crippen LogP contribution is 2.37. The van der Waals surface area contributed by atoms with Crippen LogP contribution >= 0.6 is 0 Å². The van der Waals surface area contributed by atoms with Crippen molar-refractivity contribution in [3.8, 4) is 11.5 Å². The van der Waals surface area contributed by atoms with Gasteiger partial charge in [-0.3, -0.25) is 14.5 Å². The van der Waals surface area contributed by atoms with E-state index in [1.54, 1.807) is 54.6 Å². The first-order valence-electron chi connectivity index (χ1n) is 10.4. The van der Waals surface area contributed by atoms with Crippen LogP contribution in [0.5, 0.6) is 11.5 Å². The molecule has 8 nitrogen and oxygen atoms in total. The number of nitrogens with zero attached hydrogens (tertiary/aromatic N) is 1. The lowest BCUT2D eigenvalue weighted by Gasteiger charge is -2.28. The Bertz CT molecular complexity index is 1180. The number of hydrogen-bond donors (Lipinski definition) is 2. The molecule has 0 bridgehead atoms. The summed E-state index contributed by atoms with van der Waals surface area (Å²) in [5.74, 6) is -0.831. The molecule has 0 aliphatic carbocycles. The lowest BCUT2D eigenvalue weighted by molar-refractivity contribution is -0.133. The number of anilines is 1. The van der Waals surface area contributed by atoms with Crippen LogP contribution in [0.1, 0.15) is 11.1 Å². The van der Waals surface area contributed by atoms with Gasteiger partial charge in [-0.15, -0.1) is 0 Å². The van der Waals surface area contributed by atoms with Crippen molar-refractivity contribution in [1.82, 2.24) is 10.2 Å². The Balaban J connectivity index is 1.69. The Morgan fingerprint density at radius 1 is 0.912 bits per heavy atom. The summed E-state index contributed by atoms with van der Waals surface area (Å²) in [6.07, 6.45) is 0. The average Bonchev–Trinajstić information content (AvgIpc) is 3.11. The van der Waals surface area contributed by atoms with E-state index in [0.29, 0.717) is 22.6 Å². The Morgan fingerprint density at radius 2 is 1.44 bits per heavy atom. The predicted octanol–water partition coefficient (Wildman–Crippen LogP) is 3.28. The van der Waals surface area contributed by atoms with Gasteiger partial charge in [0, 0.05) is 0 Å². The van der Waals surface area contributed by atoms with E-state index in [9.17, 15) is 18.8 Å². The molecule has 3 aromatic carbocycles. The second kappa shape index (κ2) is 9.22. The van der Waals surface area contributed by atoms with E-state index >= 15 is 0 Å². The van der Waals surface area contributed by atoms with Gasteiger partial charge < -0.3 is 20.1 Å². The summed E-state index contributed by atoms with van der Waals surface area (Å²) in [6, 6.07) is 18.3. The minimum atomic E-state index is -1.58. The maximum Gasteiger partial charge on any atom is 0.326 e. The van der Waals surface area contributed by atoms with Crippen molar-refractivity contribution in [3.63, 3.8) is 0 Å². The number of para-hydroxylation sites is 1. The Labute approximate surface area is 195 Å². The van der Waals surface area contributed by atoms with E-state index in [2.05, 4.69) is 10.6 Å². The Kier molecular flexibility index (Phi) is 6.18. The second-order valence-corrected chi connectivity index (χ2v) is 7.56. The minimum absolute atomic E-state index is 0.0453. The van der Waals surface area contributed by atoms with Gasteiger partial charge in [0.2, 0.25) is 5.91 Å². The molecule has 0 spiro atoms. The molecule has 4 rings (SSSR count). The standard InChI is InChI=1S/C25H22FN3O5/c1-33-18-11-7-16(8-12-18)25(17-9-13-19(34-2)14-10-17)23(31)29(24(32)28-25)15-22(30)27-21-6-4-3-5-20(21)26/h3-14H,15H2,1-2H3,(H,27,30)(H,28,32). The van der Waals surface area contributed by atoms with E-state index in [4.69, 9.17) is 9.47 Å². The van der Waals surface area contributed by atoms with Gasteiger partial charge in [-0.05, 0) is 47.5 Å². The predicted molar refractivity (Wildman–Crippen MR) is 122 cm³/mol. The minimum Gasteiger partial charge on any atom is -0.497 e. The number of carbonyl (C=O) groups is 3. The molecule has 2 N–H and O–H groups in total. The summed E-state index contributed by atoms with van der Waals surface area (Å²) in [5.41, 5.74) is -0.660. The SMILES string of the molecule is COc1ccc(C2(c3ccc(OC)cc3)NC(=O)N(CC(=O)Nc3ccccc3F)C2=O)cc1. The van der Waals surface area contributed by atoms with Crippen molar-refractivity contribution in [2.75, 3.05) is 26.1 Å². The zero-order valence-corrected chi connectivity index (χ0v) is 18.5. The van der Waals surface area contributed by atoms with Crippen molar-refractivity contribution in [1.29, 1.82) is 0 Å². The number of urea groups is 1. The number of amides is 4. The summed E-state index contributed by atoms with van der Waals surface area (Å²) in [7, 11) is 3.04. The molecule has 1 aliphatic rings. The van der Waals surface area contributed by atoms with Crippen LogP contribution in [0.4, 0.5) is 14.9 Å². The summed E-state index contributed by atoms with van der Waals surface area (Å²) in [5, 5.41) is 5.15. The maximum absolute atomic E-state index is 13.9. The first kappa shape index (κ1) is 22.8. The van der Waals surface area contributed by atoms with Crippen molar-refractivity contribution in [2.24, 2.45) is 0 Å². The van der Waals surface area contributed by atoms with Gasteiger partial charge in [-0.1, -0.05) is 36.4 Å². The zero-order chi connectivity index (χ0) is 24.3. The van der Waals surface area contributed by atoms with Crippen LogP contribution in [0.15, 0.2) is 72.8 Å². The third-order valence-corrected chi connectivity index (χ3v) is 5.60.